The molecule has 1 aromatic rings. The van der Waals surface area contributed by atoms with Crippen LogP contribution in [-0.2, 0) is 0 Å². The lowest BCUT2D eigenvalue weighted by atomic mass is 9.98. The largest absolute Gasteiger partial charge is 0.497 e. The number of aliphatic imine (C=N–C) groups is 1. The molecule has 0 spiro atoms. The maximum Gasteiger partial charge on any atom is 0.191 e. The van der Waals surface area contributed by atoms with Crippen molar-refractivity contribution in [3.63, 3.8) is 0 Å². The molecule has 0 radical (unpaired) electrons. The Kier molecular flexibility index (Phi) is 11.6. The fourth-order valence-corrected chi connectivity index (χ4v) is 1.98. The Hall–Kier alpha value is -1.24. The van der Waals surface area contributed by atoms with E-state index < -0.39 is 0 Å². The van der Waals surface area contributed by atoms with Crippen molar-refractivity contribution < 1.29 is 4.74 Å². The summed E-state index contributed by atoms with van der Waals surface area (Å²) in [5.41, 5.74) is 1.31. The quantitative estimate of drug-likeness (QED) is 0.294. The molecule has 124 valence electrons. The second-order valence-electron chi connectivity index (χ2n) is 4.89. The summed E-state index contributed by atoms with van der Waals surface area (Å²) in [6.07, 6.45) is 2.84. The van der Waals surface area contributed by atoms with E-state index >= 15 is 0 Å². The Morgan fingerprint density at radius 1 is 1.32 bits per heavy atom. The van der Waals surface area contributed by atoms with Crippen LogP contribution in [0.1, 0.15) is 31.7 Å². The average Bonchev–Trinajstić information content (AvgIpc) is 2.52. The third kappa shape index (κ3) is 7.68. The van der Waals surface area contributed by atoms with Gasteiger partial charge in [0, 0.05) is 19.6 Å². The van der Waals surface area contributed by atoms with Gasteiger partial charge < -0.3 is 15.4 Å². The molecule has 0 heterocycles. The zero-order chi connectivity index (χ0) is 15.5. The van der Waals surface area contributed by atoms with E-state index in [1.54, 1.807) is 7.11 Å². The molecular weight excluding hydrogens is 389 g/mol. The smallest absolute Gasteiger partial charge is 0.191 e. The van der Waals surface area contributed by atoms with Crippen molar-refractivity contribution in [1.29, 1.82) is 0 Å². The molecule has 0 amide bonds. The zero-order valence-electron chi connectivity index (χ0n) is 13.8. The fourth-order valence-electron chi connectivity index (χ4n) is 1.98. The molecule has 0 aliphatic rings. The standard InChI is InChI=1S/C17H27N3O.HI/c1-5-12-19-17(18-6-2)20-13-11-14(3)15-7-9-16(21-4)10-8-15;/h5,7-10,14H,1,6,11-13H2,2-4H3,(H2,18,19,20);1H. The Morgan fingerprint density at radius 3 is 2.55 bits per heavy atom. The third-order valence-corrected chi connectivity index (χ3v) is 3.27. The van der Waals surface area contributed by atoms with Crippen molar-refractivity contribution >= 4 is 29.9 Å². The monoisotopic (exact) mass is 417 g/mol. The molecule has 1 atom stereocenters. The lowest BCUT2D eigenvalue weighted by molar-refractivity contribution is 0.414. The van der Waals surface area contributed by atoms with Crippen LogP contribution in [0, 0.1) is 0 Å². The summed E-state index contributed by atoms with van der Waals surface area (Å²) in [5, 5.41) is 6.42. The number of halogens is 1. The van der Waals surface area contributed by atoms with Gasteiger partial charge in [-0.25, -0.2) is 0 Å². The van der Waals surface area contributed by atoms with E-state index in [0.717, 1.165) is 37.8 Å². The number of nitrogens with one attached hydrogen (secondary N) is 2. The topological polar surface area (TPSA) is 45.7 Å². The van der Waals surface area contributed by atoms with E-state index in [-0.39, 0.29) is 24.0 Å². The molecule has 1 rings (SSSR count). The van der Waals surface area contributed by atoms with E-state index in [2.05, 4.69) is 48.2 Å². The van der Waals surface area contributed by atoms with Crippen LogP contribution >= 0.6 is 24.0 Å². The molecule has 0 fully saturated rings. The summed E-state index contributed by atoms with van der Waals surface area (Å²) in [4.78, 5) is 4.57. The molecular formula is C17H28IN3O. The van der Waals surface area contributed by atoms with Crippen LogP contribution in [-0.4, -0.2) is 32.7 Å². The number of hydrogen-bond acceptors (Lipinski definition) is 2. The fraction of sp³-hybridized carbons (Fsp3) is 0.471. The van der Waals surface area contributed by atoms with Crippen molar-refractivity contribution in [2.75, 3.05) is 26.7 Å². The summed E-state index contributed by atoms with van der Waals surface area (Å²) >= 11 is 0. The molecule has 2 N–H and O–H groups in total. The van der Waals surface area contributed by atoms with E-state index in [0.29, 0.717) is 5.92 Å². The van der Waals surface area contributed by atoms with Gasteiger partial charge in [-0.1, -0.05) is 25.1 Å². The molecule has 0 aliphatic heterocycles. The minimum atomic E-state index is 0. The Labute approximate surface area is 151 Å². The van der Waals surface area contributed by atoms with Gasteiger partial charge >= 0.3 is 0 Å². The van der Waals surface area contributed by atoms with Crippen LogP contribution in [0.2, 0.25) is 0 Å². The average molecular weight is 417 g/mol. The van der Waals surface area contributed by atoms with Crippen LogP contribution < -0.4 is 15.4 Å². The highest BCUT2D eigenvalue weighted by Crippen LogP contribution is 2.21. The molecule has 0 saturated heterocycles. The molecule has 5 heteroatoms. The maximum atomic E-state index is 5.18. The number of nitrogens with zero attached hydrogens (tertiary/aromatic N) is 1. The Morgan fingerprint density at radius 2 is 2.00 bits per heavy atom. The Bertz CT molecular complexity index is 446. The van der Waals surface area contributed by atoms with Crippen LogP contribution in [0.5, 0.6) is 5.75 Å². The number of hydrogen-bond donors (Lipinski definition) is 2. The van der Waals surface area contributed by atoms with Crippen molar-refractivity contribution in [2.45, 2.75) is 26.2 Å². The number of rotatable bonds is 8. The molecule has 0 aromatic heterocycles. The van der Waals surface area contributed by atoms with Crippen molar-refractivity contribution in [2.24, 2.45) is 4.99 Å². The molecule has 4 nitrogen and oxygen atoms in total. The van der Waals surface area contributed by atoms with E-state index in [1.807, 2.05) is 18.2 Å². The Balaban J connectivity index is 0.00000441. The van der Waals surface area contributed by atoms with Gasteiger partial charge in [-0.3, -0.25) is 4.99 Å². The van der Waals surface area contributed by atoms with Gasteiger partial charge in [0.25, 0.3) is 0 Å². The summed E-state index contributed by atoms with van der Waals surface area (Å²) in [6, 6.07) is 8.25. The molecule has 1 unspecified atom stereocenters. The summed E-state index contributed by atoms with van der Waals surface area (Å²) in [6.45, 7) is 10.4. The second-order valence-corrected chi connectivity index (χ2v) is 4.89. The van der Waals surface area contributed by atoms with Crippen molar-refractivity contribution in [3.05, 3.63) is 42.5 Å². The lowest BCUT2D eigenvalue weighted by Gasteiger charge is -2.13. The SMILES string of the molecule is C=CCNC(=NCCC(C)c1ccc(OC)cc1)NCC.I. The van der Waals surface area contributed by atoms with Crippen LogP contribution in [0.25, 0.3) is 0 Å². The number of methoxy groups -OCH3 is 1. The predicted octanol–water partition coefficient (Wildman–Crippen LogP) is 3.55. The number of guanidine groups is 1. The van der Waals surface area contributed by atoms with Crippen LogP contribution in [0.4, 0.5) is 0 Å². The van der Waals surface area contributed by atoms with Gasteiger partial charge in [-0.15, -0.1) is 30.6 Å². The summed E-state index contributed by atoms with van der Waals surface area (Å²) in [7, 11) is 1.69. The third-order valence-electron chi connectivity index (χ3n) is 3.27. The molecule has 22 heavy (non-hydrogen) atoms. The second kappa shape index (κ2) is 12.3. The lowest BCUT2D eigenvalue weighted by Crippen LogP contribution is -2.37. The minimum absolute atomic E-state index is 0. The first-order chi connectivity index (χ1) is 10.2. The highest BCUT2D eigenvalue weighted by molar-refractivity contribution is 14.0. The molecule has 0 saturated carbocycles. The predicted molar refractivity (Wildman–Crippen MR) is 106 cm³/mol. The van der Waals surface area contributed by atoms with Gasteiger partial charge in [0.05, 0.1) is 7.11 Å². The van der Waals surface area contributed by atoms with Crippen molar-refractivity contribution in [1.82, 2.24) is 10.6 Å². The zero-order valence-corrected chi connectivity index (χ0v) is 16.1. The maximum absolute atomic E-state index is 5.18. The van der Waals surface area contributed by atoms with Gasteiger partial charge in [0.15, 0.2) is 5.96 Å². The first-order valence-corrected chi connectivity index (χ1v) is 7.48. The van der Waals surface area contributed by atoms with Crippen LogP contribution in [0.15, 0.2) is 41.9 Å². The molecule has 1 aromatic carbocycles. The van der Waals surface area contributed by atoms with E-state index in [9.17, 15) is 0 Å². The minimum Gasteiger partial charge on any atom is -0.497 e. The van der Waals surface area contributed by atoms with Crippen molar-refractivity contribution in [3.8, 4) is 5.75 Å². The molecule has 0 bridgehead atoms. The number of ether oxygens (including phenoxy) is 1. The van der Waals surface area contributed by atoms with E-state index in [4.69, 9.17) is 4.74 Å². The first kappa shape index (κ1) is 20.8. The van der Waals surface area contributed by atoms with Gasteiger partial charge in [-0.05, 0) is 37.0 Å². The molecule has 0 aliphatic carbocycles. The van der Waals surface area contributed by atoms with Gasteiger partial charge in [-0.2, -0.15) is 0 Å². The van der Waals surface area contributed by atoms with Gasteiger partial charge in [0.2, 0.25) is 0 Å². The normalized spacial score (nSPS) is 12.0. The van der Waals surface area contributed by atoms with Gasteiger partial charge in [0.1, 0.15) is 5.75 Å². The highest BCUT2D eigenvalue weighted by atomic mass is 127. The van der Waals surface area contributed by atoms with Crippen LogP contribution in [0.3, 0.4) is 0 Å². The highest BCUT2D eigenvalue weighted by Gasteiger charge is 2.05. The van der Waals surface area contributed by atoms with E-state index in [1.165, 1.54) is 5.56 Å². The first-order valence-electron chi connectivity index (χ1n) is 7.48. The summed E-state index contributed by atoms with van der Waals surface area (Å²) < 4.78 is 5.18. The summed E-state index contributed by atoms with van der Waals surface area (Å²) in [5.74, 6) is 2.22. The number of benzene rings is 1.